The van der Waals surface area contributed by atoms with Gasteiger partial charge in [-0.3, -0.25) is 4.90 Å². The summed E-state index contributed by atoms with van der Waals surface area (Å²) in [6, 6.07) is 0.788. The molecule has 4 rings (SSSR count). The summed E-state index contributed by atoms with van der Waals surface area (Å²) >= 11 is 0. The molecule has 0 saturated carbocycles. The van der Waals surface area contributed by atoms with Crippen LogP contribution in [0.5, 0.6) is 0 Å². The number of likely N-dealkylation sites (tertiary alicyclic amines) is 2. The van der Waals surface area contributed by atoms with Crippen LogP contribution in [0.15, 0.2) is 0 Å². The van der Waals surface area contributed by atoms with E-state index in [0.29, 0.717) is 5.41 Å². The minimum absolute atomic E-state index is 0.618. The van der Waals surface area contributed by atoms with E-state index in [4.69, 9.17) is 0 Å². The number of rotatable bonds is 3. The maximum Gasteiger partial charge on any atom is 0.0261 e. The molecule has 0 amide bonds. The largest absolute Gasteiger partial charge is 0.316 e. The quantitative estimate of drug-likeness (QED) is 0.818. The Labute approximate surface area is 136 Å². The lowest BCUT2D eigenvalue weighted by molar-refractivity contribution is 0.0878. The first kappa shape index (κ1) is 15.4. The topological polar surface area (TPSA) is 30.5 Å². The number of nitrogens with one attached hydrogen (secondary N) is 2. The van der Waals surface area contributed by atoms with Crippen molar-refractivity contribution >= 4 is 0 Å². The molecule has 1 spiro atoms. The molecule has 0 aromatic carbocycles. The molecule has 0 aromatic rings. The monoisotopic (exact) mass is 306 g/mol. The van der Waals surface area contributed by atoms with E-state index in [0.717, 1.165) is 12.0 Å². The Bertz CT molecular complexity index is 360. The van der Waals surface area contributed by atoms with E-state index in [1.165, 1.54) is 97.4 Å². The molecule has 4 fully saturated rings. The highest BCUT2D eigenvalue weighted by Crippen LogP contribution is 2.38. The van der Waals surface area contributed by atoms with Crippen LogP contribution in [-0.4, -0.2) is 74.7 Å². The van der Waals surface area contributed by atoms with Crippen LogP contribution in [0, 0.1) is 11.3 Å². The van der Waals surface area contributed by atoms with E-state index in [1.54, 1.807) is 0 Å². The molecule has 4 aliphatic rings. The smallest absolute Gasteiger partial charge is 0.0261 e. The van der Waals surface area contributed by atoms with Crippen LogP contribution in [-0.2, 0) is 0 Å². The zero-order valence-electron chi connectivity index (χ0n) is 14.2. The number of hydrogen-bond donors (Lipinski definition) is 2. The lowest BCUT2D eigenvalue weighted by Crippen LogP contribution is -2.54. The Kier molecular flexibility index (Phi) is 4.72. The normalized spacial score (nSPS) is 41.5. The molecule has 0 bridgehead atoms. The van der Waals surface area contributed by atoms with Gasteiger partial charge in [0.05, 0.1) is 0 Å². The molecule has 0 aromatic heterocycles. The van der Waals surface area contributed by atoms with Crippen molar-refractivity contribution in [3.63, 3.8) is 0 Å². The molecule has 22 heavy (non-hydrogen) atoms. The lowest BCUT2D eigenvalue weighted by Gasteiger charge is -2.42. The van der Waals surface area contributed by atoms with Gasteiger partial charge < -0.3 is 15.5 Å². The second kappa shape index (κ2) is 6.76. The summed E-state index contributed by atoms with van der Waals surface area (Å²) < 4.78 is 0. The molecule has 3 unspecified atom stereocenters. The average Bonchev–Trinajstić information content (AvgIpc) is 3.19. The van der Waals surface area contributed by atoms with Gasteiger partial charge in [-0.2, -0.15) is 0 Å². The van der Waals surface area contributed by atoms with E-state index < -0.39 is 0 Å². The van der Waals surface area contributed by atoms with Crippen LogP contribution >= 0.6 is 0 Å². The molecule has 4 nitrogen and oxygen atoms in total. The molecule has 0 radical (unpaired) electrons. The maximum atomic E-state index is 3.68. The van der Waals surface area contributed by atoms with Gasteiger partial charge in [0, 0.05) is 32.2 Å². The summed E-state index contributed by atoms with van der Waals surface area (Å²) in [5.74, 6) is 0.892. The summed E-state index contributed by atoms with van der Waals surface area (Å²) in [6.07, 6.45) is 8.51. The lowest BCUT2D eigenvalue weighted by atomic mass is 9.86. The molecule has 2 N–H and O–H groups in total. The van der Waals surface area contributed by atoms with Crippen LogP contribution in [0.2, 0.25) is 0 Å². The molecule has 4 aliphatic heterocycles. The van der Waals surface area contributed by atoms with Gasteiger partial charge >= 0.3 is 0 Å². The fourth-order valence-corrected chi connectivity index (χ4v) is 5.41. The van der Waals surface area contributed by atoms with Crippen molar-refractivity contribution in [3.8, 4) is 0 Å². The van der Waals surface area contributed by atoms with Crippen LogP contribution in [0.3, 0.4) is 0 Å². The molecule has 0 aliphatic carbocycles. The highest BCUT2D eigenvalue weighted by atomic mass is 15.2. The Morgan fingerprint density at radius 3 is 2.68 bits per heavy atom. The van der Waals surface area contributed by atoms with Gasteiger partial charge in [0.25, 0.3) is 0 Å². The van der Waals surface area contributed by atoms with Gasteiger partial charge in [0.15, 0.2) is 0 Å². The first-order valence-electron chi connectivity index (χ1n) is 9.73. The summed E-state index contributed by atoms with van der Waals surface area (Å²) in [5.41, 5.74) is 0.618. The minimum Gasteiger partial charge on any atom is -0.316 e. The average molecular weight is 306 g/mol. The van der Waals surface area contributed by atoms with Gasteiger partial charge in [-0.25, -0.2) is 0 Å². The standard InChI is InChI=1S/C18H34N4/c1-2-9-21(10-3-1)13-16-4-7-19-12-17(16)22-11-6-18(15-22)5-8-20-14-18/h16-17,19-20H,1-15H2. The van der Waals surface area contributed by atoms with Gasteiger partial charge in [-0.05, 0) is 76.2 Å². The first-order chi connectivity index (χ1) is 10.8. The molecule has 3 atom stereocenters. The second-order valence-electron chi connectivity index (χ2n) is 8.33. The van der Waals surface area contributed by atoms with E-state index in [1.807, 2.05) is 0 Å². The van der Waals surface area contributed by atoms with Gasteiger partial charge in [0.1, 0.15) is 0 Å². The summed E-state index contributed by atoms with van der Waals surface area (Å²) in [6.45, 7) is 11.7. The Hall–Kier alpha value is -0.160. The van der Waals surface area contributed by atoms with Crippen LogP contribution in [0.4, 0.5) is 0 Å². The number of piperidine rings is 2. The van der Waals surface area contributed by atoms with Crippen molar-refractivity contribution in [2.24, 2.45) is 11.3 Å². The van der Waals surface area contributed by atoms with Crippen LogP contribution in [0.1, 0.15) is 38.5 Å². The number of nitrogens with zero attached hydrogens (tertiary/aromatic N) is 2. The predicted octanol–water partition coefficient (Wildman–Crippen LogP) is 1.14. The molecular weight excluding hydrogens is 272 g/mol. The second-order valence-corrected chi connectivity index (χ2v) is 8.33. The van der Waals surface area contributed by atoms with Crippen molar-refractivity contribution in [1.29, 1.82) is 0 Å². The molecule has 4 heterocycles. The van der Waals surface area contributed by atoms with Crippen molar-refractivity contribution in [2.45, 2.75) is 44.6 Å². The maximum absolute atomic E-state index is 3.68. The SMILES string of the molecule is C1CCN(CC2CCNCC2N2CCC3(CCNC3)C2)CC1. The Balaban J connectivity index is 1.38. The van der Waals surface area contributed by atoms with Gasteiger partial charge in [0.2, 0.25) is 0 Å². The van der Waals surface area contributed by atoms with E-state index in [2.05, 4.69) is 20.4 Å². The van der Waals surface area contributed by atoms with E-state index in [-0.39, 0.29) is 0 Å². The highest BCUT2D eigenvalue weighted by molar-refractivity contribution is 4.99. The van der Waals surface area contributed by atoms with Crippen LogP contribution < -0.4 is 10.6 Å². The van der Waals surface area contributed by atoms with Crippen molar-refractivity contribution in [2.75, 3.05) is 58.9 Å². The third-order valence-electron chi connectivity index (χ3n) is 6.80. The molecule has 4 heteroatoms. The first-order valence-corrected chi connectivity index (χ1v) is 9.73. The predicted molar refractivity (Wildman–Crippen MR) is 91.2 cm³/mol. The molecule has 4 saturated heterocycles. The van der Waals surface area contributed by atoms with Gasteiger partial charge in [-0.15, -0.1) is 0 Å². The minimum atomic E-state index is 0.618. The van der Waals surface area contributed by atoms with Crippen molar-refractivity contribution in [1.82, 2.24) is 20.4 Å². The third kappa shape index (κ3) is 3.21. The fourth-order valence-electron chi connectivity index (χ4n) is 5.41. The van der Waals surface area contributed by atoms with Crippen LogP contribution in [0.25, 0.3) is 0 Å². The summed E-state index contributed by atoms with van der Waals surface area (Å²) in [7, 11) is 0. The van der Waals surface area contributed by atoms with Gasteiger partial charge in [-0.1, -0.05) is 6.42 Å². The van der Waals surface area contributed by atoms with Crippen molar-refractivity contribution < 1.29 is 0 Å². The number of hydrogen-bond acceptors (Lipinski definition) is 4. The van der Waals surface area contributed by atoms with E-state index in [9.17, 15) is 0 Å². The third-order valence-corrected chi connectivity index (χ3v) is 6.80. The Morgan fingerprint density at radius 1 is 0.955 bits per heavy atom. The zero-order chi connectivity index (χ0) is 14.8. The Morgan fingerprint density at radius 2 is 1.86 bits per heavy atom. The molecular formula is C18H34N4. The fraction of sp³-hybridized carbons (Fsp3) is 1.00. The van der Waals surface area contributed by atoms with E-state index >= 15 is 0 Å². The molecule has 126 valence electrons. The zero-order valence-corrected chi connectivity index (χ0v) is 14.2. The highest BCUT2D eigenvalue weighted by Gasteiger charge is 2.44. The summed E-state index contributed by atoms with van der Waals surface area (Å²) in [5, 5.41) is 7.29. The summed E-state index contributed by atoms with van der Waals surface area (Å²) in [4.78, 5) is 5.61. The van der Waals surface area contributed by atoms with Crippen molar-refractivity contribution in [3.05, 3.63) is 0 Å².